The van der Waals surface area contributed by atoms with Gasteiger partial charge in [-0.3, -0.25) is 0 Å². The standard InChI is InChI=1S/C7H8N2O2/c10-6-1-4-5(2-7(6)11)9-3-8-4/h1-2,8-11H,3H2. The zero-order valence-corrected chi connectivity index (χ0v) is 5.76. The third-order valence-corrected chi connectivity index (χ3v) is 1.67. The minimum atomic E-state index is -0.0973. The number of phenolic OH excluding ortho intramolecular Hbond substituents is 2. The lowest BCUT2D eigenvalue weighted by Crippen LogP contribution is -1.98. The third-order valence-electron chi connectivity index (χ3n) is 1.67. The zero-order chi connectivity index (χ0) is 7.84. The third kappa shape index (κ3) is 0.832. The van der Waals surface area contributed by atoms with Gasteiger partial charge in [0.15, 0.2) is 11.5 Å². The predicted octanol–water partition coefficient (Wildman–Crippen LogP) is 0.893. The first-order chi connectivity index (χ1) is 5.27. The molecular weight excluding hydrogens is 144 g/mol. The largest absolute Gasteiger partial charge is 0.504 e. The summed E-state index contributed by atoms with van der Waals surface area (Å²) in [6.07, 6.45) is 0. The maximum absolute atomic E-state index is 9.07. The van der Waals surface area contributed by atoms with Gasteiger partial charge in [-0.05, 0) is 0 Å². The molecule has 0 fully saturated rings. The summed E-state index contributed by atoms with van der Waals surface area (Å²) >= 11 is 0. The van der Waals surface area contributed by atoms with Crippen molar-refractivity contribution in [3.05, 3.63) is 12.1 Å². The Balaban J connectivity index is 2.57. The topological polar surface area (TPSA) is 64.5 Å². The van der Waals surface area contributed by atoms with Crippen molar-refractivity contribution in [1.29, 1.82) is 0 Å². The maximum atomic E-state index is 9.07. The van der Waals surface area contributed by atoms with E-state index in [1.165, 1.54) is 12.1 Å². The van der Waals surface area contributed by atoms with Crippen LogP contribution in [0.2, 0.25) is 0 Å². The van der Waals surface area contributed by atoms with E-state index in [9.17, 15) is 0 Å². The van der Waals surface area contributed by atoms with Crippen LogP contribution in [0, 0.1) is 0 Å². The van der Waals surface area contributed by atoms with Crippen molar-refractivity contribution < 1.29 is 10.2 Å². The molecule has 0 aliphatic carbocycles. The first kappa shape index (κ1) is 6.15. The minimum absolute atomic E-state index is 0.0973. The fourth-order valence-electron chi connectivity index (χ4n) is 1.10. The number of aromatic hydroxyl groups is 2. The van der Waals surface area contributed by atoms with E-state index in [2.05, 4.69) is 10.6 Å². The molecule has 58 valence electrons. The van der Waals surface area contributed by atoms with Gasteiger partial charge in [0.25, 0.3) is 0 Å². The number of benzene rings is 1. The van der Waals surface area contributed by atoms with Crippen molar-refractivity contribution in [3.63, 3.8) is 0 Å². The summed E-state index contributed by atoms with van der Waals surface area (Å²) in [5, 5.41) is 24.1. The van der Waals surface area contributed by atoms with Gasteiger partial charge in [-0.15, -0.1) is 0 Å². The van der Waals surface area contributed by atoms with Gasteiger partial charge in [0.05, 0.1) is 18.0 Å². The Hall–Kier alpha value is -1.58. The summed E-state index contributed by atoms with van der Waals surface area (Å²) in [5.74, 6) is -0.195. The Labute approximate surface area is 63.5 Å². The van der Waals surface area contributed by atoms with Crippen molar-refractivity contribution in [2.75, 3.05) is 17.3 Å². The van der Waals surface area contributed by atoms with Crippen LogP contribution in [0.15, 0.2) is 12.1 Å². The van der Waals surface area contributed by atoms with Crippen molar-refractivity contribution in [1.82, 2.24) is 0 Å². The molecule has 0 bridgehead atoms. The van der Waals surface area contributed by atoms with Gasteiger partial charge in [0, 0.05) is 12.1 Å². The number of rotatable bonds is 0. The average Bonchev–Trinajstić information content (AvgIpc) is 2.36. The normalized spacial score (nSPS) is 13.5. The number of hydrogen-bond donors (Lipinski definition) is 4. The monoisotopic (exact) mass is 152 g/mol. The SMILES string of the molecule is Oc1cc2c(cc1O)NCN2. The molecule has 11 heavy (non-hydrogen) atoms. The molecule has 1 aliphatic rings. The van der Waals surface area contributed by atoms with Crippen LogP contribution in [0.1, 0.15) is 0 Å². The van der Waals surface area contributed by atoms with E-state index in [0.717, 1.165) is 11.4 Å². The molecule has 1 heterocycles. The minimum Gasteiger partial charge on any atom is -0.504 e. The van der Waals surface area contributed by atoms with E-state index in [1.807, 2.05) is 0 Å². The highest BCUT2D eigenvalue weighted by Gasteiger charge is 2.11. The molecule has 4 N–H and O–H groups in total. The highest BCUT2D eigenvalue weighted by molar-refractivity contribution is 5.77. The van der Waals surface area contributed by atoms with Crippen LogP contribution in [0.5, 0.6) is 11.5 Å². The molecule has 4 heteroatoms. The van der Waals surface area contributed by atoms with E-state index < -0.39 is 0 Å². The van der Waals surface area contributed by atoms with Crippen LogP contribution < -0.4 is 10.6 Å². The summed E-state index contributed by atoms with van der Waals surface area (Å²) in [6.45, 7) is 0.637. The fourth-order valence-corrected chi connectivity index (χ4v) is 1.10. The average molecular weight is 152 g/mol. The molecule has 0 amide bonds. The second kappa shape index (κ2) is 1.95. The Morgan fingerprint density at radius 1 is 1.00 bits per heavy atom. The van der Waals surface area contributed by atoms with Gasteiger partial charge in [-0.2, -0.15) is 0 Å². The van der Waals surface area contributed by atoms with Crippen molar-refractivity contribution in [2.24, 2.45) is 0 Å². The quantitative estimate of drug-likeness (QED) is 0.329. The lowest BCUT2D eigenvalue weighted by Gasteiger charge is -2.00. The van der Waals surface area contributed by atoms with Crippen molar-refractivity contribution in [2.45, 2.75) is 0 Å². The molecule has 0 unspecified atom stereocenters. The molecule has 1 aromatic rings. The Morgan fingerprint density at radius 2 is 1.45 bits per heavy atom. The Bertz CT molecular complexity index is 270. The molecule has 4 nitrogen and oxygen atoms in total. The summed E-state index contributed by atoms with van der Waals surface area (Å²) in [5.41, 5.74) is 1.64. The fraction of sp³-hybridized carbons (Fsp3) is 0.143. The van der Waals surface area contributed by atoms with Crippen LogP contribution in [0.4, 0.5) is 11.4 Å². The van der Waals surface area contributed by atoms with E-state index >= 15 is 0 Å². The van der Waals surface area contributed by atoms with Crippen LogP contribution in [-0.2, 0) is 0 Å². The smallest absolute Gasteiger partial charge is 0.159 e. The number of hydrogen-bond acceptors (Lipinski definition) is 4. The second-order valence-electron chi connectivity index (χ2n) is 2.42. The number of fused-ring (bicyclic) bond motifs is 1. The Morgan fingerprint density at radius 3 is 1.91 bits per heavy atom. The van der Waals surface area contributed by atoms with E-state index in [1.54, 1.807) is 0 Å². The predicted molar refractivity (Wildman–Crippen MR) is 41.9 cm³/mol. The lowest BCUT2D eigenvalue weighted by atomic mass is 10.2. The molecule has 0 radical (unpaired) electrons. The highest BCUT2D eigenvalue weighted by Crippen LogP contribution is 2.36. The van der Waals surface area contributed by atoms with E-state index in [-0.39, 0.29) is 11.5 Å². The molecule has 1 aromatic carbocycles. The zero-order valence-electron chi connectivity index (χ0n) is 5.76. The summed E-state index contributed by atoms with van der Waals surface area (Å²) < 4.78 is 0. The van der Waals surface area contributed by atoms with E-state index in [0.29, 0.717) is 6.67 Å². The molecule has 0 atom stereocenters. The van der Waals surface area contributed by atoms with Gasteiger partial charge in [-0.1, -0.05) is 0 Å². The molecule has 0 saturated carbocycles. The molecule has 0 aromatic heterocycles. The van der Waals surface area contributed by atoms with Crippen LogP contribution in [0.25, 0.3) is 0 Å². The first-order valence-electron chi connectivity index (χ1n) is 3.31. The lowest BCUT2D eigenvalue weighted by molar-refractivity contribution is 0.404. The van der Waals surface area contributed by atoms with Crippen molar-refractivity contribution >= 4 is 11.4 Å². The highest BCUT2D eigenvalue weighted by atomic mass is 16.3. The van der Waals surface area contributed by atoms with E-state index in [4.69, 9.17) is 10.2 Å². The number of nitrogens with one attached hydrogen (secondary N) is 2. The van der Waals surface area contributed by atoms with Crippen LogP contribution in [-0.4, -0.2) is 16.9 Å². The Kier molecular flexibility index (Phi) is 1.09. The summed E-state index contributed by atoms with van der Waals surface area (Å²) in [6, 6.07) is 2.98. The van der Waals surface area contributed by atoms with Crippen molar-refractivity contribution in [3.8, 4) is 11.5 Å². The van der Waals surface area contributed by atoms with Gasteiger partial charge >= 0.3 is 0 Å². The molecular formula is C7H8N2O2. The molecule has 0 spiro atoms. The number of phenols is 2. The number of anilines is 2. The molecule has 0 saturated heterocycles. The molecule has 1 aliphatic heterocycles. The first-order valence-corrected chi connectivity index (χ1v) is 3.31. The van der Waals surface area contributed by atoms with Gasteiger partial charge < -0.3 is 20.8 Å². The van der Waals surface area contributed by atoms with Gasteiger partial charge in [0.1, 0.15) is 0 Å². The van der Waals surface area contributed by atoms with Crippen LogP contribution >= 0.6 is 0 Å². The second-order valence-corrected chi connectivity index (χ2v) is 2.42. The van der Waals surface area contributed by atoms with Gasteiger partial charge in [-0.25, -0.2) is 0 Å². The van der Waals surface area contributed by atoms with Crippen LogP contribution in [0.3, 0.4) is 0 Å². The summed E-state index contributed by atoms with van der Waals surface area (Å²) in [4.78, 5) is 0. The summed E-state index contributed by atoms with van der Waals surface area (Å²) in [7, 11) is 0. The molecule has 2 rings (SSSR count). The maximum Gasteiger partial charge on any atom is 0.159 e. The van der Waals surface area contributed by atoms with Gasteiger partial charge in [0.2, 0.25) is 0 Å².